The van der Waals surface area contributed by atoms with Crippen LogP contribution in [0.2, 0.25) is 0 Å². The van der Waals surface area contributed by atoms with Crippen molar-refractivity contribution in [3.63, 3.8) is 0 Å². The molecule has 2 aromatic carbocycles. The predicted molar refractivity (Wildman–Crippen MR) is 59.8 cm³/mol. The molecule has 0 bridgehead atoms. The van der Waals surface area contributed by atoms with Gasteiger partial charge in [-0.25, -0.2) is 22.4 Å². The Hall–Kier alpha value is -2.37. The van der Waals surface area contributed by atoms with E-state index in [9.17, 15) is 22.4 Å². The van der Waals surface area contributed by atoms with E-state index in [1.165, 1.54) is 24.3 Å². The van der Waals surface area contributed by atoms with Gasteiger partial charge in [0.25, 0.3) is 0 Å². The van der Waals surface area contributed by atoms with Crippen molar-refractivity contribution in [1.82, 2.24) is 0 Å². The summed E-state index contributed by atoms with van der Waals surface area (Å²) in [4.78, 5) is 11.6. The summed E-state index contributed by atoms with van der Waals surface area (Å²) in [5, 5.41) is -1.56. The maximum Gasteiger partial charge on any atom is 0.347 e. The molecular weight excluding hydrogens is 264 g/mol. The number of hydrogen-bond acceptors (Lipinski definition) is 2. The van der Waals surface area contributed by atoms with Crippen molar-refractivity contribution in [3.05, 3.63) is 58.0 Å². The van der Waals surface area contributed by atoms with Crippen LogP contribution in [-0.4, -0.2) is 0 Å². The predicted octanol–water partition coefficient (Wildman–Crippen LogP) is 3.50. The number of benzene rings is 2. The maximum atomic E-state index is 13.8. The molecule has 19 heavy (non-hydrogen) atoms. The van der Waals surface area contributed by atoms with Gasteiger partial charge < -0.3 is 4.42 Å². The zero-order chi connectivity index (χ0) is 13.7. The number of halogens is 4. The van der Waals surface area contributed by atoms with Gasteiger partial charge in [-0.2, -0.15) is 0 Å². The van der Waals surface area contributed by atoms with Gasteiger partial charge in [0.1, 0.15) is 11.0 Å². The molecule has 0 saturated heterocycles. The van der Waals surface area contributed by atoms with Crippen LogP contribution in [0.15, 0.2) is 33.5 Å². The summed E-state index contributed by atoms with van der Waals surface area (Å²) in [5.41, 5.74) is -1.30. The molecule has 0 amide bonds. The molecule has 6 heteroatoms. The van der Waals surface area contributed by atoms with Gasteiger partial charge >= 0.3 is 5.63 Å². The van der Waals surface area contributed by atoms with E-state index in [1.54, 1.807) is 0 Å². The lowest BCUT2D eigenvalue weighted by molar-refractivity contribution is 0.416. The fourth-order valence-electron chi connectivity index (χ4n) is 1.99. The van der Waals surface area contributed by atoms with Crippen LogP contribution in [0, 0.1) is 23.3 Å². The molecule has 0 N–H and O–H groups in total. The second kappa shape index (κ2) is 3.81. The second-order valence-electron chi connectivity index (χ2n) is 3.89. The highest BCUT2D eigenvalue weighted by Crippen LogP contribution is 2.30. The SMILES string of the molecule is O=c1oc2ccccc2c2c(F)c(F)c(F)c(F)c12. The van der Waals surface area contributed by atoms with Crippen LogP contribution in [0.1, 0.15) is 0 Å². The van der Waals surface area contributed by atoms with Crippen LogP contribution >= 0.6 is 0 Å². The van der Waals surface area contributed by atoms with Crippen molar-refractivity contribution in [3.8, 4) is 0 Å². The van der Waals surface area contributed by atoms with Gasteiger partial charge in [0, 0.05) is 10.8 Å². The Bertz CT molecular complexity index is 883. The van der Waals surface area contributed by atoms with Gasteiger partial charge in [-0.05, 0) is 6.07 Å². The van der Waals surface area contributed by atoms with Gasteiger partial charge in [-0.3, -0.25) is 0 Å². The Morgan fingerprint density at radius 1 is 0.789 bits per heavy atom. The number of hydrogen-bond donors (Lipinski definition) is 0. The largest absolute Gasteiger partial charge is 0.422 e. The van der Waals surface area contributed by atoms with E-state index in [0.29, 0.717) is 0 Å². The highest BCUT2D eigenvalue weighted by molar-refractivity contribution is 6.04. The Kier molecular flexibility index (Phi) is 2.35. The van der Waals surface area contributed by atoms with Crippen LogP contribution in [0.3, 0.4) is 0 Å². The van der Waals surface area contributed by atoms with Gasteiger partial charge in [0.15, 0.2) is 23.3 Å². The van der Waals surface area contributed by atoms with Gasteiger partial charge in [0.05, 0.1) is 0 Å². The molecule has 0 radical (unpaired) electrons. The Morgan fingerprint density at radius 2 is 1.37 bits per heavy atom. The highest BCUT2D eigenvalue weighted by Gasteiger charge is 2.24. The third-order valence-corrected chi connectivity index (χ3v) is 2.83. The summed E-state index contributed by atoms with van der Waals surface area (Å²) in [7, 11) is 0. The minimum Gasteiger partial charge on any atom is -0.422 e. The zero-order valence-electron chi connectivity index (χ0n) is 9.14. The molecule has 0 aliphatic heterocycles. The first-order valence-electron chi connectivity index (χ1n) is 5.20. The molecule has 0 unspecified atom stereocenters. The number of para-hydroxylation sites is 1. The van der Waals surface area contributed by atoms with Gasteiger partial charge in [-0.1, -0.05) is 18.2 Å². The summed E-state index contributed by atoms with van der Waals surface area (Å²) in [6.07, 6.45) is 0. The minimum atomic E-state index is -2.03. The summed E-state index contributed by atoms with van der Waals surface area (Å²) in [6, 6.07) is 5.64. The van der Waals surface area contributed by atoms with E-state index in [2.05, 4.69) is 0 Å². The van der Waals surface area contributed by atoms with Crippen molar-refractivity contribution in [1.29, 1.82) is 0 Å². The quantitative estimate of drug-likeness (QED) is 0.205. The molecular formula is C13H4F4O2. The third-order valence-electron chi connectivity index (χ3n) is 2.83. The maximum absolute atomic E-state index is 13.8. The van der Waals surface area contributed by atoms with Crippen molar-refractivity contribution in [2.45, 2.75) is 0 Å². The van der Waals surface area contributed by atoms with E-state index in [1.807, 2.05) is 0 Å². The van der Waals surface area contributed by atoms with E-state index in [4.69, 9.17) is 4.42 Å². The first-order chi connectivity index (χ1) is 9.02. The number of fused-ring (bicyclic) bond motifs is 3. The molecule has 0 aliphatic carbocycles. The highest BCUT2D eigenvalue weighted by atomic mass is 19.2. The molecule has 96 valence electrons. The van der Waals surface area contributed by atoms with E-state index in [-0.39, 0.29) is 11.0 Å². The molecule has 1 aromatic heterocycles. The molecule has 0 fully saturated rings. The number of rotatable bonds is 0. The summed E-state index contributed by atoms with van der Waals surface area (Å²) < 4.78 is 58.5. The minimum absolute atomic E-state index is 0.00704. The normalized spacial score (nSPS) is 11.4. The van der Waals surface area contributed by atoms with Gasteiger partial charge in [-0.15, -0.1) is 0 Å². The van der Waals surface area contributed by atoms with Crippen LogP contribution < -0.4 is 5.63 Å². The van der Waals surface area contributed by atoms with E-state index >= 15 is 0 Å². The summed E-state index contributed by atoms with van der Waals surface area (Å²) in [5.74, 6) is -7.36. The average Bonchev–Trinajstić information content (AvgIpc) is 2.41. The fourth-order valence-corrected chi connectivity index (χ4v) is 1.99. The lowest BCUT2D eigenvalue weighted by Crippen LogP contribution is -2.08. The monoisotopic (exact) mass is 268 g/mol. The second-order valence-corrected chi connectivity index (χ2v) is 3.89. The first kappa shape index (κ1) is 11.7. The first-order valence-corrected chi connectivity index (χ1v) is 5.20. The molecule has 3 rings (SSSR count). The zero-order valence-corrected chi connectivity index (χ0v) is 9.14. The Balaban J connectivity index is 2.77. The van der Waals surface area contributed by atoms with Crippen molar-refractivity contribution < 1.29 is 22.0 Å². The topological polar surface area (TPSA) is 30.2 Å². The van der Waals surface area contributed by atoms with Crippen LogP contribution in [0.4, 0.5) is 17.6 Å². The molecule has 0 saturated carbocycles. The average molecular weight is 268 g/mol. The van der Waals surface area contributed by atoms with E-state index < -0.39 is 39.7 Å². The third kappa shape index (κ3) is 1.46. The summed E-state index contributed by atoms with van der Waals surface area (Å²) in [6.45, 7) is 0. The van der Waals surface area contributed by atoms with Crippen molar-refractivity contribution >= 4 is 21.7 Å². The smallest absolute Gasteiger partial charge is 0.347 e. The summed E-state index contributed by atoms with van der Waals surface area (Å²) >= 11 is 0. The van der Waals surface area contributed by atoms with Crippen LogP contribution in [-0.2, 0) is 0 Å². The van der Waals surface area contributed by atoms with Crippen LogP contribution in [0.5, 0.6) is 0 Å². The Morgan fingerprint density at radius 3 is 2.05 bits per heavy atom. The lowest BCUT2D eigenvalue weighted by Gasteiger charge is -2.06. The molecule has 3 aromatic rings. The molecule has 1 heterocycles. The molecule has 2 nitrogen and oxygen atoms in total. The van der Waals surface area contributed by atoms with E-state index in [0.717, 1.165) is 0 Å². The molecule has 0 spiro atoms. The Labute approximate surface area is 102 Å². The standard InChI is InChI=1S/C13H4F4O2/c14-9-7-5-3-1-2-4-6(5)19-13(18)8(7)10(15)12(17)11(9)16/h1-4H. The van der Waals surface area contributed by atoms with Crippen LogP contribution in [0.25, 0.3) is 21.7 Å². The fraction of sp³-hybridized carbons (Fsp3) is 0. The lowest BCUT2D eigenvalue weighted by atomic mass is 10.1. The molecule has 0 atom stereocenters. The molecule has 0 aliphatic rings. The van der Waals surface area contributed by atoms with Crippen molar-refractivity contribution in [2.75, 3.05) is 0 Å². The van der Waals surface area contributed by atoms with Crippen molar-refractivity contribution in [2.24, 2.45) is 0 Å². The van der Waals surface area contributed by atoms with Gasteiger partial charge in [0.2, 0.25) is 0 Å².